The zero-order chi connectivity index (χ0) is 15.0. The highest BCUT2D eigenvalue weighted by molar-refractivity contribution is 6.16. The van der Waals surface area contributed by atoms with E-state index in [-0.39, 0.29) is 12.4 Å². The number of alkyl halides is 1. The molecular weight excluding hydrogens is 294 g/mol. The Labute approximate surface area is 126 Å². The topological polar surface area (TPSA) is 17.8 Å². The average molecular weight is 307 g/mol. The van der Waals surface area contributed by atoms with E-state index in [0.29, 0.717) is 11.4 Å². The Morgan fingerprint density at radius 2 is 2.00 bits per heavy atom. The number of benzene rings is 2. The second kappa shape index (κ2) is 5.45. The minimum atomic E-state index is -0.583. The summed E-state index contributed by atoms with van der Waals surface area (Å²) >= 11 is 5.95. The van der Waals surface area contributed by atoms with E-state index < -0.39 is 11.6 Å². The number of fused-ring (bicyclic) bond motifs is 1. The van der Waals surface area contributed by atoms with Crippen LogP contribution in [-0.4, -0.2) is 9.55 Å². The van der Waals surface area contributed by atoms with E-state index in [1.54, 1.807) is 0 Å². The van der Waals surface area contributed by atoms with Gasteiger partial charge in [-0.25, -0.2) is 13.8 Å². The first-order valence-corrected chi connectivity index (χ1v) is 7.08. The van der Waals surface area contributed by atoms with E-state index >= 15 is 0 Å². The summed E-state index contributed by atoms with van der Waals surface area (Å²) in [6, 6.07) is 9.39. The molecule has 0 radical (unpaired) electrons. The van der Waals surface area contributed by atoms with E-state index in [2.05, 4.69) is 4.98 Å². The minimum absolute atomic E-state index is 0.233. The van der Waals surface area contributed by atoms with Gasteiger partial charge in [-0.3, -0.25) is 0 Å². The molecule has 2 nitrogen and oxygen atoms in total. The van der Waals surface area contributed by atoms with Crippen LogP contribution in [-0.2, 0) is 12.4 Å². The summed E-state index contributed by atoms with van der Waals surface area (Å²) in [5.41, 5.74) is 3.20. The lowest BCUT2D eigenvalue weighted by Gasteiger charge is -2.10. The zero-order valence-electron chi connectivity index (χ0n) is 11.4. The Kier molecular flexibility index (Phi) is 3.64. The largest absolute Gasteiger partial charge is 0.322 e. The Balaban J connectivity index is 2.15. The Bertz CT molecular complexity index is 811. The van der Waals surface area contributed by atoms with Crippen molar-refractivity contribution in [2.75, 3.05) is 0 Å². The zero-order valence-corrected chi connectivity index (χ0v) is 12.2. The number of rotatable bonds is 3. The van der Waals surface area contributed by atoms with Gasteiger partial charge in [0.15, 0.2) is 0 Å². The molecule has 3 rings (SSSR count). The number of nitrogens with zero attached hydrogens (tertiary/aromatic N) is 2. The lowest BCUT2D eigenvalue weighted by molar-refractivity contribution is 0.566. The summed E-state index contributed by atoms with van der Waals surface area (Å²) in [5.74, 6) is -0.243. The van der Waals surface area contributed by atoms with Crippen LogP contribution in [0.4, 0.5) is 8.78 Å². The number of imidazole rings is 1. The van der Waals surface area contributed by atoms with Crippen LogP contribution in [0.3, 0.4) is 0 Å². The molecule has 0 saturated carbocycles. The highest BCUT2D eigenvalue weighted by Gasteiger charge is 2.14. The molecule has 1 heterocycles. The number of hydrogen-bond acceptors (Lipinski definition) is 1. The second-order valence-electron chi connectivity index (χ2n) is 4.93. The second-order valence-corrected chi connectivity index (χ2v) is 5.19. The predicted molar refractivity (Wildman–Crippen MR) is 79.5 cm³/mol. The monoisotopic (exact) mass is 306 g/mol. The van der Waals surface area contributed by atoms with Crippen LogP contribution in [0.15, 0.2) is 36.4 Å². The molecule has 3 aromatic rings. The maximum absolute atomic E-state index is 13.9. The maximum Gasteiger partial charge on any atom is 0.131 e. The molecule has 0 atom stereocenters. The molecule has 5 heteroatoms. The average Bonchev–Trinajstić information content (AvgIpc) is 2.81. The van der Waals surface area contributed by atoms with Gasteiger partial charge in [-0.05, 0) is 24.6 Å². The third kappa shape index (κ3) is 2.51. The Morgan fingerprint density at radius 1 is 1.19 bits per heavy atom. The molecule has 0 fully saturated rings. The third-order valence-corrected chi connectivity index (χ3v) is 3.75. The van der Waals surface area contributed by atoms with Crippen LogP contribution in [0, 0.1) is 18.6 Å². The van der Waals surface area contributed by atoms with Gasteiger partial charge in [0.25, 0.3) is 0 Å². The first kappa shape index (κ1) is 14.0. The molecule has 1 aromatic heterocycles. The fourth-order valence-electron chi connectivity index (χ4n) is 2.51. The van der Waals surface area contributed by atoms with Crippen molar-refractivity contribution >= 4 is 22.6 Å². The summed E-state index contributed by atoms with van der Waals surface area (Å²) in [7, 11) is 0. The van der Waals surface area contributed by atoms with Crippen molar-refractivity contribution in [3.63, 3.8) is 0 Å². The molecule has 0 spiro atoms. The Morgan fingerprint density at radius 3 is 2.71 bits per heavy atom. The third-order valence-electron chi connectivity index (χ3n) is 3.51. The first-order chi connectivity index (χ1) is 10.1. The van der Waals surface area contributed by atoms with Crippen molar-refractivity contribution in [1.82, 2.24) is 9.55 Å². The van der Waals surface area contributed by atoms with Crippen molar-refractivity contribution in [2.45, 2.75) is 19.3 Å². The van der Waals surface area contributed by atoms with Gasteiger partial charge in [0.05, 0.1) is 23.5 Å². The summed E-state index contributed by atoms with van der Waals surface area (Å²) in [6.45, 7) is 2.25. The highest BCUT2D eigenvalue weighted by Crippen LogP contribution is 2.23. The molecule has 0 aliphatic rings. The smallest absolute Gasteiger partial charge is 0.131 e. The number of para-hydroxylation sites is 1. The van der Waals surface area contributed by atoms with Crippen molar-refractivity contribution in [3.05, 3.63) is 65.0 Å². The lowest BCUT2D eigenvalue weighted by Crippen LogP contribution is -2.06. The van der Waals surface area contributed by atoms with E-state index in [9.17, 15) is 8.78 Å². The molecule has 108 valence electrons. The molecule has 0 aliphatic heterocycles. The van der Waals surface area contributed by atoms with Crippen LogP contribution in [0.5, 0.6) is 0 Å². The lowest BCUT2D eigenvalue weighted by atomic mass is 10.1. The quantitative estimate of drug-likeness (QED) is 0.655. The number of halogens is 3. The van der Waals surface area contributed by atoms with Crippen LogP contribution >= 0.6 is 11.6 Å². The molecule has 0 bridgehead atoms. The van der Waals surface area contributed by atoms with Crippen LogP contribution < -0.4 is 0 Å². The van der Waals surface area contributed by atoms with Crippen molar-refractivity contribution in [3.8, 4) is 0 Å². The van der Waals surface area contributed by atoms with Crippen LogP contribution in [0.25, 0.3) is 11.0 Å². The Hall–Kier alpha value is -1.94. The van der Waals surface area contributed by atoms with Gasteiger partial charge in [0.1, 0.15) is 17.5 Å². The molecule has 0 saturated heterocycles. The summed E-state index contributed by atoms with van der Waals surface area (Å²) in [5, 5.41) is 0. The minimum Gasteiger partial charge on any atom is -0.322 e. The van der Waals surface area contributed by atoms with E-state index in [1.165, 1.54) is 12.1 Å². The van der Waals surface area contributed by atoms with E-state index in [0.717, 1.165) is 22.7 Å². The maximum atomic E-state index is 13.9. The van der Waals surface area contributed by atoms with Crippen molar-refractivity contribution in [2.24, 2.45) is 0 Å². The molecule has 0 unspecified atom stereocenters. The number of aromatic nitrogens is 2. The standard InChI is InChI=1S/C16H13ClF2N2/c1-10-3-2-4-14-16(10)21(15(8-17)20-14)9-11-5-6-12(18)7-13(11)19/h2-7H,8-9H2,1H3. The molecular formula is C16H13ClF2N2. The molecule has 0 amide bonds. The van der Waals surface area contributed by atoms with Crippen molar-refractivity contribution < 1.29 is 8.78 Å². The van der Waals surface area contributed by atoms with Gasteiger partial charge in [0, 0.05) is 11.6 Å². The molecule has 21 heavy (non-hydrogen) atoms. The van der Waals surface area contributed by atoms with Crippen LogP contribution in [0.2, 0.25) is 0 Å². The van der Waals surface area contributed by atoms with Gasteiger partial charge in [0.2, 0.25) is 0 Å². The molecule has 2 aromatic carbocycles. The SMILES string of the molecule is Cc1cccc2nc(CCl)n(Cc3ccc(F)cc3F)c12. The summed E-state index contributed by atoms with van der Waals surface area (Å²) < 4.78 is 28.8. The highest BCUT2D eigenvalue weighted by atomic mass is 35.5. The fourth-order valence-corrected chi connectivity index (χ4v) is 2.71. The van der Waals surface area contributed by atoms with Gasteiger partial charge in [-0.1, -0.05) is 18.2 Å². The normalized spacial score (nSPS) is 11.2. The van der Waals surface area contributed by atoms with Crippen LogP contribution in [0.1, 0.15) is 17.0 Å². The number of hydrogen-bond donors (Lipinski definition) is 0. The van der Waals surface area contributed by atoms with E-state index in [1.807, 2.05) is 29.7 Å². The molecule has 0 aliphatic carbocycles. The first-order valence-electron chi connectivity index (χ1n) is 6.55. The van der Waals surface area contributed by atoms with E-state index in [4.69, 9.17) is 11.6 Å². The van der Waals surface area contributed by atoms with Crippen molar-refractivity contribution in [1.29, 1.82) is 0 Å². The fraction of sp³-hybridized carbons (Fsp3) is 0.188. The van der Waals surface area contributed by atoms with Gasteiger partial charge < -0.3 is 4.57 Å². The van der Waals surface area contributed by atoms with Gasteiger partial charge >= 0.3 is 0 Å². The summed E-state index contributed by atoms with van der Waals surface area (Å²) in [4.78, 5) is 4.47. The predicted octanol–water partition coefficient (Wildman–Crippen LogP) is 4.41. The number of aryl methyl sites for hydroxylation is 1. The summed E-state index contributed by atoms with van der Waals surface area (Å²) in [6.07, 6.45) is 0. The van der Waals surface area contributed by atoms with Gasteiger partial charge in [-0.15, -0.1) is 11.6 Å². The van der Waals surface area contributed by atoms with Gasteiger partial charge in [-0.2, -0.15) is 0 Å². The molecule has 0 N–H and O–H groups in total.